The molecule has 8 nitrogen and oxygen atoms in total. The molecule has 31 heavy (non-hydrogen) atoms. The zero-order valence-corrected chi connectivity index (χ0v) is 17.0. The first-order chi connectivity index (χ1) is 14.9. The Morgan fingerprint density at radius 2 is 1.77 bits per heavy atom. The summed E-state index contributed by atoms with van der Waals surface area (Å²) in [4.78, 5) is 26.9. The van der Waals surface area contributed by atoms with Crippen LogP contribution in [0.1, 0.15) is 28.4 Å². The van der Waals surface area contributed by atoms with Crippen molar-refractivity contribution in [2.24, 2.45) is 0 Å². The van der Waals surface area contributed by atoms with Crippen LogP contribution in [0, 0.1) is 22.7 Å². The van der Waals surface area contributed by atoms with Gasteiger partial charge in [0.15, 0.2) is 11.5 Å². The first-order valence-corrected chi connectivity index (χ1v) is 9.38. The number of aromatic amines is 1. The minimum atomic E-state index is -0.717. The van der Waals surface area contributed by atoms with Crippen LogP contribution in [0.3, 0.4) is 0 Å². The van der Waals surface area contributed by atoms with Crippen molar-refractivity contribution in [3.8, 4) is 34.8 Å². The molecule has 0 aliphatic rings. The molecular formula is C22H15ClN4O4. The summed E-state index contributed by atoms with van der Waals surface area (Å²) in [6.07, 6.45) is 0. The molecule has 9 heteroatoms. The number of aromatic nitrogens is 1. The summed E-state index contributed by atoms with van der Waals surface area (Å²) in [7, 11) is 0. The van der Waals surface area contributed by atoms with Gasteiger partial charge in [-0.3, -0.25) is 4.79 Å². The molecule has 0 aliphatic carbocycles. The number of hydrogen-bond acceptors (Lipinski definition) is 7. The zero-order chi connectivity index (χ0) is 22.5. The predicted molar refractivity (Wildman–Crippen MR) is 114 cm³/mol. The lowest BCUT2D eigenvalue weighted by Crippen LogP contribution is -2.16. The fourth-order valence-corrected chi connectivity index (χ4v) is 3.02. The third kappa shape index (κ3) is 4.35. The Hall–Kier alpha value is -4.27. The molecule has 1 heterocycles. The van der Waals surface area contributed by atoms with Crippen molar-refractivity contribution in [3.63, 3.8) is 0 Å². The van der Waals surface area contributed by atoms with Gasteiger partial charge in [-0.2, -0.15) is 10.5 Å². The molecule has 0 atom stereocenters. The summed E-state index contributed by atoms with van der Waals surface area (Å²) in [5.41, 5.74) is 5.42. The lowest BCUT2D eigenvalue weighted by atomic mass is 9.96. The molecule has 0 bridgehead atoms. The van der Waals surface area contributed by atoms with Crippen LogP contribution in [-0.2, 0) is 0 Å². The summed E-state index contributed by atoms with van der Waals surface area (Å²) in [5, 5.41) is 19.4. The number of H-pyrrole nitrogens is 1. The highest BCUT2D eigenvalue weighted by Gasteiger charge is 2.20. The Labute approximate surface area is 182 Å². The van der Waals surface area contributed by atoms with E-state index in [-0.39, 0.29) is 46.2 Å². The van der Waals surface area contributed by atoms with Gasteiger partial charge < -0.3 is 20.2 Å². The molecule has 0 saturated heterocycles. The average Bonchev–Trinajstić information content (AvgIpc) is 2.75. The zero-order valence-electron chi connectivity index (χ0n) is 16.2. The first kappa shape index (κ1) is 21.4. The molecule has 0 fully saturated rings. The number of carbonyl (C=O) groups excluding carboxylic acids is 1. The van der Waals surface area contributed by atoms with Gasteiger partial charge in [-0.05, 0) is 48.9 Å². The summed E-state index contributed by atoms with van der Waals surface area (Å²) in [6.45, 7) is 1.99. The number of halogens is 1. The highest BCUT2D eigenvalue weighted by molar-refractivity contribution is 6.30. The van der Waals surface area contributed by atoms with E-state index in [2.05, 4.69) is 4.98 Å². The van der Waals surface area contributed by atoms with Crippen LogP contribution < -0.4 is 20.8 Å². The number of esters is 1. The molecule has 0 unspecified atom stereocenters. The van der Waals surface area contributed by atoms with Crippen molar-refractivity contribution in [2.75, 3.05) is 12.3 Å². The van der Waals surface area contributed by atoms with Gasteiger partial charge >= 0.3 is 5.97 Å². The molecule has 0 aliphatic heterocycles. The van der Waals surface area contributed by atoms with E-state index in [0.29, 0.717) is 10.6 Å². The van der Waals surface area contributed by atoms with Crippen molar-refractivity contribution < 1.29 is 14.3 Å². The lowest BCUT2D eigenvalue weighted by Gasteiger charge is -2.14. The number of carbonyl (C=O) groups is 1. The number of rotatable bonds is 5. The number of pyridine rings is 1. The van der Waals surface area contributed by atoms with E-state index in [1.165, 1.54) is 30.3 Å². The Kier molecular flexibility index (Phi) is 6.25. The van der Waals surface area contributed by atoms with Crippen molar-refractivity contribution in [3.05, 3.63) is 74.5 Å². The summed E-state index contributed by atoms with van der Waals surface area (Å²) < 4.78 is 11.0. The fourth-order valence-electron chi connectivity index (χ4n) is 2.89. The van der Waals surface area contributed by atoms with Crippen LogP contribution in [0.2, 0.25) is 5.02 Å². The number of hydrogen-bond donors (Lipinski definition) is 2. The maximum absolute atomic E-state index is 12.5. The highest BCUT2D eigenvalue weighted by Crippen LogP contribution is 2.36. The molecule has 2 aromatic carbocycles. The van der Waals surface area contributed by atoms with E-state index in [1.54, 1.807) is 25.1 Å². The van der Waals surface area contributed by atoms with Gasteiger partial charge in [0.2, 0.25) is 0 Å². The van der Waals surface area contributed by atoms with Crippen LogP contribution in [-0.4, -0.2) is 17.6 Å². The normalized spacial score (nSPS) is 10.1. The second-order valence-electron chi connectivity index (χ2n) is 6.21. The third-order valence-electron chi connectivity index (χ3n) is 4.28. The van der Waals surface area contributed by atoms with Gasteiger partial charge in [0, 0.05) is 10.6 Å². The molecule has 0 amide bonds. The van der Waals surface area contributed by atoms with Gasteiger partial charge in [0.1, 0.15) is 29.1 Å². The van der Waals surface area contributed by atoms with Crippen molar-refractivity contribution in [2.45, 2.75) is 6.92 Å². The number of anilines is 1. The largest absolute Gasteiger partial charge is 0.490 e. The van der Waals surface area contributed by atoms with Gasteiger partial charge in [0.05, 0.1) is 12.2 Å². The molecule has 0 spiro atoms. The minimum Gasteiger partial charge on any atom is -0.490 e. The number of nitrogens with zero attached hydrogens (tertiary/aromatic N) is 2. The average molecular weight is 435 g/mol. The molecule has 3 rings (SSSR count). The quantitative estimate of drug-likeness (QED) is 0.461. The minimum absolute atomic E-state index is 0.0514. The van der Waals surface area contributed by atoms with Gasteiger partial charge in [0.25, 0.3) is 5.56 Å². The van der Waals surface area contributed by atoms with Gasteiger partial charge in [-0.15, -0.1) is 0 Å². The number of nitrogen functional groups attached to an aromatic ring is 1. The molecule has 0 saturated carbocycles. The van der Waals surface area contributed by atoms with Gasteiger partial charge in [-0.1, -0.05) is 17.7 Å². The fraction of sp³-hybridized carbons (Fsp3) is 0.0909. The Bertz CT molecular complexity index is 1300. The molecule has 3 aromatic rings. The van der Waals surface area contributed by atoms with E-state index in [0.717, 1.165) is 0 Å². The van der Waals surface area contributed by atoms with Gasteiger partial charge in [-0.25, -0.2) is 4.79 Å². The van der Waals surface area contributed by atoms with Crippen LogP contribution in [0.15, 0.2) is 47.3 Å². The van der Waals surface area contributed by atoms with E-state index in [9.17, 15) is 20.1 Å². The SMILES string of the molecule is CCOc1cc(-c2c(C#N)c(N)[nH]c(=O)c2C#N)ccc1OC(=O)c1ccc(Cl)cc1. The second-order valence-corrected chi connectivity index (χ2v) is 6.64. The number of nitrogens with one attached hydrogen (secondary N) is 1. The molecule has 154 valence electrons. The third-order valence-corrected chi connectivity index (χ3v) is 4.53. The Morgan fingerprint density at radius 1 is 1.10 bits per heavy atom. The summed E-state index contributed by atoms with van der Waals surface area (Å²) in [6, 6.07) is 14.3. The highest BCUT2D eigenvalue weighted by atomic mass is 35.5. The van der Waals surface area contributed by atoms with Crippen LogP contribution in [0.4, 0.5) is 5.82 Å². The van der Waals surface area contributed by atoms with E-state index in [1.807, 2.05) is 6.07 Å². The molecule has 1 aromatic heterocycles. The first-order valence-electron chi connectivity index (χ1n) is 9.00. The maximum atomic E-state index is 12.5. The number of nitrogens with two attached hydrogens (primary N) is 1. The number of ether oxygens (including phenoxy) is 2. The van der Waals surface area contributed by atoms with E-state index >= 15 is 0 Å². The Morgan fingerprint density at radius 3 is 2.39 bits per heavy atom. The number of benzene rings is 2. The van der Waals surface area contributed by atoms with Crippen LogP contribution in [0.5, 0.6) is 11.5 Å². The maximum Gasteiger partial charge on any atom is 0.343 e. The number of nitriles is 2. The van der Waals surface area contributed by atoms with Crippen molar-refractivity contribution >= 4 is 23.4 Å². The van der Waals surface area contributed by atoms with Crippen molar-refractivity contribution in [1.82, 2.24) is 4.98 Å². The Balaban J connectivity index is 2.09. The standard InChI is InChI=1S/C22H15ClN4O4/c1-2-30-18-9-13(19-15(10-24)20(26)27-21(28)16(19)11-25)5-8-17(18)31-22(29)12-3-6-14(23)7-4-12/h3-9H,2H2,1H3,(H3,26,27,28). The summed E-state index contributed by atoms with van der Waals surface area (Å²) in [5.74, 6) is -0.465. The van der Waals surface area contributed by atoms with Crippen molar-refractivity contribution in [1.29, 1.82) is 10.5 Å². The second kappa shape index (κ2) is 9.04. The summed E-state index contributed by atoms with van der Waals surface area (Å²) >= 11 is 5.84. The van der Waals surface area contributed by atoms with E-state index in [4.69, 9.17) is 26.8 Å². The molecule has 0 radical (unpaired) electrons. The molecule has 3 N–H and O–H groups in total. The predicted octanol–water partition coefficient (Wildman–Crippen LogP) is 3.64. The van der Waals surface area contributed by atoms with Crippen LogP contribution in [0.25, 0.3) is 11.1 Å². The van der Waals surface area contributed by atoms with Crippen LogP contribution >= 0.6 is 11.6 Å². The topological polar surface area (TPSA) is 142 Å². The van der Waals surface area contributed by atoms with E-state index < -0.39 is 11.5 Å². The smallest absolute Gasteiger partial charge is 0.343 e. The lowest BCUT2D eigenvalue weighted by molar-refractivity contribution is 0.0728. The molecular weight excluding hydrogens is 420 g/mol. The monoisotopic (exact) mass is 434 g/mol.